The maximum atomic E-state index is 14.1. The van der Waals surface area contributed by atoms with E-state index in [1.807, 2.05) is 30.3 Å². The van der Waals surface area contributed by atoms with Gasteiger partial charge >= 0.3 is 0 Å². The highest BCUT2D eigenvalue weighted by atomic mass is 19.1. The predicted octanol–water partition coefficient (Wildman–Crippen LogP) is 4.46. The first-order chi connectivity index (χ1) is 17.5. The van der Waals surface area contributed by atoms with Gasteiger partial charge in [0.2, 0.25) is 0 Å². The largest absolute Gasteiger partial charge is 0.387 e. The fourth-order valence-electron chi connectivity index (χ4n) is 3.95. The number of pyridine rings is 1. The number of rotatable bonds is 7. The SMILES string of the molecule is O=C(Nc1cccc2[nH]c(-c3c(NCC(O)c4ccccc4)cc[nH]c3=O)nc12)c1ccccc1F. The Balaban J connectivity index is 1.46. The lowest BCUT2D eigenvalue weighted by Gasteiger charge is -2.14. The molecule has 1 amide bonds. The number of aromatic amines is 2. The van der Waals surface area contributed by atoms with Gasteiger partial charge in [-0.2, -0.15) is 0 Å². The predicted molar refractivity (Wildman–Crippen MR) is 136 cm³/mol. The second-order valence-corrected chi connectivity index (χ2v) is 8.12. The van der Waals surface area contributed by atoms with Crippen molar-refractivity contribution in [2.45, 2.75) is 6.10 Å². The zero-order valence-electron chi connectivity index (χ0n) is 19.0. The van der Waals surface area contributed by atoms with E-state index in [1.54, 1.807) is 30.3 Å². The van der Waals surface area contributed by atoms with Crippen LogP contribution < -0.4 is 16.2 Å². The Morgan fingerprint density at radius 1 is 0.972 bits per heavy atom. The number of aromatic nitrogens is 3. The van der Waals surface area contributed by atoms with Crippen LogP contribution in [0.1, 0.15) is 22.0 Å². The number of carbonyl (C=O) groups excluding carboxylic acids is 1. The van der Waals surface area contributed by atoms with Gasteiger partial charge in [0.1, 0.15) is 22.7 Å². The molecule has 0 bridgehead atoms. The van der Waals surface area contributed by atoms with Crippen LogP contribution >= 0.6 is 0 Å². The molecule has 0 aliphatic heterocycles. The highest BCUT2D eigenvalue weighted by Gasteiger charge is 2.18. The van der Waals surface area contributed by atoms with E-state index in [2.05, 4.69) is 25.6 Å². The van der Waals surface area contributed by atoms with Crippen molar-refractivity contribution in [3.63, 3.8) is 0 Å². The van der Waals surface area contributed by atoms with Crippen LogP contribution in [0.5, 0.6) is 0 Å². The molecule has 0 fully saturated rings. The van der Waals surface area contributed by atoms with Gasteiger partial charge in [-0.1, -0.05) is 48.5 Å². The lowest BCUT2D eigenvalue weighted by molar-refractivity contribution is 0.102. The van der Waals surface area contributed by atoms with Gasteiger partial charge in [0.05, 0.1) is 28.6 Å². The summed E-state index contributed by atoms with van der Waals surface area (Å²) in [5, 5.41) is 16.3. The molecule has 2 heterocycles. The fraction of sp³-hybridized carbons (Fsp3) is 0.0741. The number of carbonyl (C=O) groups is 1. The molecule has 0 saturated heterocycles. The molecule has 8 nitrogen and oxygen atoms in total. The molecular weight excluding hydrogens is 461 g/mol. The van der Waals surface area contributed by atoms with Crippen molar-refractivity contribution in [3.05, 3.63) is 112 Å². The topological polar surface area (TPSA) is 123 Å². The molecule has 0 spiro atoms. The third kappa shape index (κ3) is 4.59. The first-order valence-corrected chi connectivity index (χ1v) is 11.2. The van der Waals surface area contributed by atoms with E-state index in [0.29, 0.717) is 22.4 Å². The Morgan fingerprint density at radius 2 is 1.75 bits per heavy atom. The van der Waals surface area contributed by atoms with Gasteiger partial charge in [0.15, 0.2) is 0 Å². The summed E-state index contributed by atoms with van der Waals surface area (Å²) in [5.74, 6) is -0.967. The lowest BCUT2D eigenvalue weighted by atomic mass is 10.1. The first kappa shape index (κ1) is 23.0. The van der Waals surface area contributed by atoms with Gasteiger partial charge in [-0.3, -0.25) is 9.59 Å². The maximum absolute atomic E-state index is 14.1. The third-order valence-electron chi connectivity index (χ3n) is 5.75. The number of benzene rings is 3. The van der Waals surface area contributed by atoms with Crippen LogP contribution in [0.4, 0.5) is 15.8 Å². The minimum atomic E-state index is -0.783. The molecular formula is C27H22FN5O3. The number of hydrogen-bond donors (Lipinski definition) is 5. The monoisotopic (exact) mass is 483 g/mol. The molecule has 36 heavy (non-hydrogen) atoms. The number of fused-ring (bicyclic) bond motifs is 1. The average Bonchev–Trinajstić information content (AvgIpc) is 3.33. The number of amides is 1. The number of aliphatic hydroxyl groups excluding tert-OH is 1. The number of para-hydroxylation sites is 1. The molecule has 5 aromatic rings. The molecule has 0 saturated carbocycles. The minimum absolute atomic E-state index is 0.0896. The molecule has 9 heteroatoms. The van der Waals surface area contributed by atoms with Crippen LogP contribution in [0.2, 0.25) is 0 Å². The average molecular weight is 484 g/mol. The Kier molecular flexibility index (Phi) is 6.29. The van der Waals surface area contributed by atoms with Gasteiger partial charge in [0, 0.05) is 12.7 Å². The number of nitrogens with one attached hydrogen (secondary N) is 4. The van der Waals surface area contributed by atoms with Crippen LogP contribution in [0.25, 0.3) is 22.4 Å². The van der Waals surface area contributed by atoms with Crippen molar-refractivity contribution in [1.82, 2.24) is 15.0 Å². The molecule has 180 valence electrons. The molecule has 1 atom stereocenters. The standard InChI is InChI=1S/C27H22FN5O3/c28-18-10-5-4-9-17(18)26(35)32-21-12-6-11-20-24(21)33-25(31-20)23-19(13-14-29-27(23)36)30-15-22(34)16-7-2-1-3-8-16/h1-14,22,34H,15H2,(H,31,33)(H,32,35)(H2,29,30,36). The molecule has 0 aliphatic carbocycles. The minimum Gasteiger partial charge on any atom is -0.387 e. The highest BCUT2D eigenvalue weighted by molar-refractivity contribution is 6.08. The molecule has 5 rings (SSSR count). The van der Waals surface area contributed by atoms with Gasteiger partial charge in [-0.15, -0.1) is 0 Å². The van der Waals surface area contributed by atoms with Crippen LogP contribution in [-0.2, 0) is 0 Å². The van der Waals surface area contributed by atoms with Crippen molar-refractivity contribution in [2.75, 3.05) is 17.2 Å². The normalized spacial score (nSPS) is 11.8. The number of aliphatic hydroxyl groups is 1. The Labute approximate surface area is 204 Å². The van der Waals surface area contributed by atoms with E-state index in [4.69, 9.17) is 0 Å². The zero-order chi connectivity index (χ0) is 25.1. The lowest BCUT2D eigenvalue weighted by Crippen LogP contribution is -2.17. The maximum Gasteiger partial charge on any atom is 0.261 e. The molecule has 5 N–H and O–H groups in total. The third-order valence-corrected chi connectivity index (χ3v) is 5.75. The quantitative estimate of drug-likeness (QED) is 0.234. The van der Waals surface area contributed by atoms with Crippen LogP contribution in [0.15, 0.2) is 89.9 Å². The van der Waals surface area contributed by atoms with E-state index in [0.717, 1.165) is 5.56 Å². The Hall–Kier alpha value is -4.76. The zero-order valence-corrected chi connectivity index (χ0v) is 19.0. The molecule has 0 aliphatic rings. The smallest absolute Gasteiger partial charge is 0.261 e. The number of H-pyrrole nitrogens is 2. The fourth-order valence-corrected chi connectivity index (χ4v) is 3.95. The molecule has 3 aromatic carbocycles. The second kappa shape index (κ2) is 9.85. The summed E-state index contributed by atoms with van der Waals surface area (Å²) >= 11 is 0. The summed E-state index contributed by atoms with van der Waals surface area (Å²) < 4.78 is 14.1. The Morgan fingerprint density at radius 3 is 2.56 bits per heavy atom. The van der Waals surface area contributed by atoms with Gasteiger partial charge in [-0.05, 0) is 35.9 Å². The van der Waals surface area contributed by atoms with E-state index >= 15 is 0 Å². The Bertz CT molecular complexity index is 1600. The summed E-state index contributed by atoms with van der Waals surface area (Å²) in [6.07, 6.45) is 0.723. The number of halogens is 1. The van der Waals surface area contributed by atoms with E-state index in [9.17, 15) is 19.1 Å². The number of hydrogen-bond acceptors (Lipinski definition) is 5. The molecule has 2 aromatic heterocycles. The summed E-state index contributed by atoms with van der Waals surface area (Å²) in [5.41, 5.74) is 2.36. The number of anilines is 2. The van der Waals surface area contributed by atoms with Crippen molar-refractivity contribution in [1.29, 1.82) is 0 Å². The molecule has 1 unspecified atom stereocenters. The van der Waals surface area contributed by atoms with Crippen molar-refractivity contribution in [3.8, 4) is 11.4 Å². The second-order valence-electron chi connectivity index (χ2n) is 8.12. The van der Waals surface area contributed by atoms with E-state index < -0.39 is 17.8 Å². The van der Waals surface area contributed by atoms with Crippen LogP contribution in [0.3, 0.4) is 0 Å². The highest BCUT2D eigenvalue weighted by Crippen LogP contribution is 2.28. The van der Waals surface area contributed by atoms with Gasteiger partial charge in [0.25, 0.3) is 11.5 Å². The van der Waals surface area contributed by atoms with E-state index in [1.165, 1.54) is 24.4 Å². The number of nitrogens with zero attached hydrogens (tertiary/aromatic N) is 1. The summed E-state index contributed by atoms with van der Waals surface area (Å²) in [6.45, 7) is 0.171. The van der Waals surface area contributed by atoms with Crippen molar-refractivity contribution >= 4 is 28.3 Å². The summed E-state index contributed by atoms with van der Waals surface area (Å²) in [6, 6.07) is 21.7. The molecule has 0 radical (unpaired) electrons. The van der Waals surface area contributed by atoms with Gasteiger partial charge in [-0.25, -0.2) is 9.37 Å². The summed E-state index contributed by atoms with van der Waals surface area (Å²) in [7, 11) is 0. The summed E-state index contributed by atoms with van der Waals surface area (Å²) in [4.78, 5) is 35.8. The van der Waals surface area contributed by atoms with E-state index in [-0.39, 0.29) is 29.1 Å². The first-order valence-electron chi connectivity index (χ1n) is 11.2. The van der Waals surface area contributed by atoms with Gasteiger partial charge < -0.3 is 25.7 Å². The van der Waals surface area contributed by atoms with Crippen molar-refractivity contribution in [2.24, 2.45) is 0 Å². The van der Waals surface area contributed by atoms with Crippen LogP contribution in [0, 0.1) is 5.82 Å². The number of imidazole rings is 1. The van der Waals surface area contributed by atoms with Crippen molar-refractivity contribution < 1.29 is 14.3 Å². The van der Waals surface area contributed by atoms with Crippen LogP contribution in [-0.4, -0.2) is 32.5 Å².